The summed E-state index contributed by atoms with van der Waals surface area (Å²) in [6, 6.07) is 4.43. The molecule has 0 aliphatic heterocycles. The number of ether oxygens (including phenoxy) is 1. The molecule has 0 unspecified atom stereocenters. The first-order valence-electron chi connectivity index (χ1n) is 6.79. The number of halogens is 1. The molecule has 0 spiro atoms. The highest BCUT2D eigenvalue weighted by Crippen LogP contribution is 2.18. The molecule has 1 amide bonds. The molecular weight excluding hydrogens is 287 g/mol. The van der Waals surface area contributed by atoms with Gasteiger partial charge in [-0.1, -0.05) is 23.3 Å². The van der Waals surface area contributed by atoms with Crippen molar-refractivity contribution >= 4 is 17.9 Å². The maximum absolute atomic E-state index is 13.9. The Morgan fingerprint density at radius 2 is 2.23 bits per heavy atom. The summed E-state index contributed by atoms with van der Waals surface area (Å²) in [4.78, 5) is 14.2. The Hall–Kier alpha value is -2.53. The van der Waals surface area contributed by atoms with E-state index in [0.29, 0.717) is 18.5 Å². The Labute approximate surface area is 128 Å². The monoisotopic (exact) mass is 306 g/mol. The smallest absolute Gasteiger partial charge is 0.412 e. The molecule has 1 N–H and O–H groups in total. The summed E-state index contributed by atoms with van der Waals surface area (Å²) in [5.74, 6) is -0.553. The average molecular weight is 306 g/mol. The van der Waals surface area contributed by atoms with Crippen LogP contribution in [0.2, 0.25) is 0 Å². The molecule has 0 aliphatic carbocycles. The average Bonchev–Trinajstić information content (AvgIpc) is 2.39. The molecular formula is C15H19FN4O2. The van der Waals surface area contributed by atoms with Gasteiger partial charge in [-0.15, -0.1) is 0 Å². The van der Waals surface area contributed by atoms with E-state index in [1.807, 2.05) is 0 Å². The van der Waals surface area contributed by atoms with Gasteiger partial charge in [0.1, 0.15) is 11.4 Å². The minimum absolute atomic E-state index is 0.0560. The number of anilines is 1. The molecule has 0 heterocycles. The third-order valence-electron chi connectivity index (χ3n) is 2.40. The van der Waals surface area contributed by atoms with Gasteiger partial charge in [0, 0.05) is 11.5 Å². The minimum atomic E-state index is -0.705. The van der Waals surface area contributed by atoms with Crippen LogP contribution in [0.25, 0.3) is 16.5 Å². The zero-order chi connectivity index (χ0) is 16.6. The second-order valence-electron chi connectivity index (χ2n) is 5.51. The molecule has 1 rings (SSSR count). The summed E-state index contributed by atoms with van der Waals surface area (Å²) >= 11 is 0. The van der Waals surface area contributed by atoms with Crippen molar-refractivity contribution in [1.29, 1.82) is 0 Å². The first-order chi connectivity index (χ1) is 10.3. The van der Waals surface area contributed by atoms with Crippen molar-refractivity contribution in [1.82, 2.24) is 0 Å². The predicted molar refractivity (Wildman–Crippen MR) is 83.9 cm³/mol. The van der Waals surface area contributed by atoms with Gasteiger partial charge in [0.15, 0.2) is 0 Å². The van der Waals surface area contributed by atoms with E-state index >= 15 is 0 Å². The Kier molecular flexibility index (Phi) is 6.41. The maximum Gasteiger partial charge on any atom is 0.412 e. The SMILES string of the molecule is CC(C)(C)OC(=O)Nc1ccc(C=CCCN=[N+]=[N-])cc1F. The molecule has 0 saturated heterocycles. The Morgan fingerprint density at radius 1 is 1.50 bits per heavy atom. The van der Waals surface area contributed by atoms with Crippen LogP contribution in [-0.4, -0.2) is 18.2 Å². The van der Waals surface area contributed by atoms with Crippen molar-refractivity contribution in [3.8, 4) is 0 Å². The highest BCUT2D eigenvalue weighted by atomic mass is 19.1. The van der Waals surface area contributed by atoms with Gasteiger partial charge in [-0.3, -0.25) is 5.32 Å². The zero-order valence-corrected chi connectivity index (χ0v) is 12.8. The second-order valence-corrected chi connectivity index (χ2v) is 5.51. The summed E-state index contributed by atoms with van der Waals surface area (Å²) in [6.45, 7) is 5.54. The van der Waals surface area contributed by atoms with Crippen LogP contribution in [0.4, 0.5) is 14.9 Å². The van der Waals surface area contributed by atoms with Gasteiger partial charge < -0.3 is 4.74 Å². The van der Waals surface area contributed by atoms with Crippen molar-refractivity contribution in [3.05, 3.63) is 46.1 Å². The molecule has 22 heavy (non-hydrogen) atoms. The maximum atomic E-state index is 13.9. The number of rotatable bonds is 5. The fourth-order valence-electron chi connectivity index (χ4n) is 1.55. The number of hydrogen-bond acceptors (Lipinski definition) is 3. The van der Waals surface area contributed by atoms with Crippen molar-refractivity contribution < 1.29 is 13.9 Å². The van der Waals surface area contributed by atoms with Crippen molar-refractivity contribution in [2.24, 2.45) is 5.11 Å². The van der Waals surface area contributed by atoms with Gasteiger partial charge >= 0.3 is 6.09 Å². The molecule has 118 valence electrons. The quantitative estimate of drug-likeness (QED) is 0.363. The van der Waals surface area contributed by atoms with Gasteiger partial charge in [0.05, 0.1) is 5.69 Å². The molecule has 0 bridgehead atoms. The number of nitrogens with one attached hydrogen (secondary N) is 1. The summed E-state index contributed by atoms with van der Waals surface area (Å²) in [7, 11) is 0. The van der Waals surface area contributed by atoms with E-state index in [-0.39, 0.29) is 5.69 Å². The molecule has 1 aromatic carbocycles. The number of nitrogens with zero attached hydrogens (tertiary/aromatic N) is 3. The largest absolute Gasteiger partial charge is 0.444 e. The van der Waals surface area contributed by atoms with Gasteiger partial charge in [-0.25, -0.2) is 9.18 Å². The third kappa shape index (κ3) is 6.76. The lowest BCUT2D eigenvalue weighted by Crippen LogP contribution is -2.27. The topological polar surface area (TPSA) is 87.1 Å². The Balaban J connectivity index is 2.65. The molecule has 0 aliphatic rings. The van der Waals surface area contributed by atoms with Crippen LogP contribution in [0, 0.1) is 5.82 Å². The Bertz CT molecular complexity index is 602. The van der Waals surface area contributed by atoms with E-state index in [1.165, 1.54) is 12.1 Å². The number of carbonyl (C=O) groups is 1. The van der Waals surface area contributed by atoms with Crippen LogP contribution < -0.4 is 5.32 Å². The lowest BCUT2D eigenvalue weighted by Gasteiger charge is -2.19. The standard InChI is InChI=1S/C15H19FN4O2/c1-15(2,3)22-14(21)19-13-8-7-11(10-12(13)16)6-4-5-9-18-20-17/h4,6-8,10H,5,9H2,1-3H3,(H,19,21). The third-order valence-corrected chi connectivity index (χ3v) is 2.40. The van der Waals surface area contributed by atoms with Gasteiger partial charge in [-0.05, 0) is 50.4 Å². The molecule has 1 aromatic rings. The molecule has 0 aromatic heterocycles. The lowest BCUT2D eigenvalue weighted by molar-refractivity contribution is 0.0635. The number of hydrogen-bond donors (Lipinski definition) is 1. The number of benzene rings is 1. The molecule has 7 heteroatoms. The fraction of sp³-hybridized carbons (Fsp3) is 0.400. The van der Waals surface area contributed by atoms with Gasteiger partial charge in [0.2, 0.25) is 0 Å². The van der Waals surface area contributed by atoms with Gasteiger partial charge in [-0.2, -0.15) is 0 Å². The normalized spacial score (nSPS) is 11.1. The van der Waals surface area contributed by atoms with E-state index in [4.69, 9.17) is 10.3 Å². The fourth-order valence-corrected chi connectivity index (χ4v) is 1.55. The molecule has 0 radical (unpaired) electrons. The minimum Gasteiger partial charge on any atom is -0.444 e. The van der Waals surface area contributed by atoms with E-state index in [9.17, 15) is 9.18 Å². The van der Waals surface area contributed by atoms with E-state index in [0.717, 1.165) is 0 Å². The highest BCUT2D eigenvalue weighted by molar-refractivity contribution is 5.85. The van der Waals surface area contributed by atoms with Crippen LogP contribution in [-0.2, 0) is 4.74 Å². The van der Waals surface area contributed by atoms with Crippen molar-refractivity contribution in [3.63, 3.8) is 0 Å². The second kappa shape index (κ2) is 8.05. The summed E-state index contributed by atoms with van der Waals surface area (Å²) in [5.41, 5.74) is 8.19. The summed E-state index contributed by atoms with van der Waals surface area (Å²) in [5, 5.41) is 5.75. The summed E-state index contributed by atoms with van der Waals surface area (Å²) in [6.07, 6.45) is 3.37. The van der Waals surface area contributed by atoms with Crippen LogP contribution >= 0.6 is 0 Å². The lowest BCUT2D eigenvalue weighted by atomic mass is 10.1. The first kappa shape index (κ1) is 17.5. The van der Waals surface area contributed by atoms with Gasteiger partial charge in [0.25, 0.3) is 0 Å². The number of carbonyl (C=O) groups excluding carboxylic acids is 1. The first-order valence-corrected chi connectivity index (χ1v) is 6.79. The van der Waals surface area contributed by atoms with Crippen LogP contribution in [0.1, 0.15) is 32.8 Å². The molecule has 0 fully saturated rings. The van der Waals surface area contributed by atoms with Crippen molar-refractivity contribution in [2.45, 2.75) is 32.8 Å². The van der Waals surface area contributed by atoms with E-state index in [2.05, 4.69) is 15.3 Å². The Morgan fingerprint density at radius 3 is 2.82 bits per heavy atom. The zero-order valence-electron chi connectivity index (χ0n) is 12.8. The number of amides is 1. The highest BCUT2D eigenvalue weighted by Gasteiger charge is 2.17. The van der Waals surface area contributed by atoms with Crippen molar-refractivity contribution in [2.75, 3.05) is 11.9 Å². The number of azide groups is 1. The van der Waals surface area contributed by atoms with E-state index in [1.54, 1.807) is 39.0 Å². The van der Waals surface area contributed by atoms with Crippen LogP contribution in [0.15, 0.2) is 29.4 Å². The van der Waals surface area contributed by atoms with Crippen LogP contribution in [0.5, 0.6) is 0 Å². The predicted octanol–water partition coefficient (Wildman–Crippen LogP) is 4.89. The molecule has 6 nitrogen and oxygen atoms in total. The van der Waals surface area contributed by atoms with E-state index < -0.39 is 17.5 Å². The van der Waals surface area contributed by atoms with Crippen LogP contribution in [0.3, 0.4) is 0 Å². The molecule has 0 saturated carbocycles. The summed E-state index contributed by atoms with van der Waals surface area (Å²) < 4.78 is 19.0. The molecule has 0 atom stereocenters.